The molecule has 250 valence electrons. The summed E-state index contributed by atoms with van der Waals surface area (Å²) in [5.41, 5.74) is 17.2. The Morgan fingerprint density at radius 1 is 0.822 bits per heavy atom. The van der Waals surface area contributed by atoms with E-state index in [1.54, 1.807) is 30.3 Å². The summed E-state index contributed by atoms with van der Waals surface area (Å²) in [5.74, 6) is -5.11. The number of benzene rings is 1. The number of amides is 4. The molecule has 1 rings (SSSR count). The third kappa shape index (κ3) is 15.8. The highest BCUT2D eigenvalue weighted by atomic mass is 32.2. The highest BCUT2D eigenvalue weighted by Gasteiger charge is 2.31. The molecule has 5 atom stereocenters. The Morgan fingerprint density at radius 3 is 2.00 bits per heavy atom. The van der Waals surface area contributed by atoms with Crippen molar-refractivity contribution < 1.29 is 39.0 Å². The second kappa shape index (κ2) is 20.6. The fraction of sp³-hybridized carbons (Fsp3) is 0.536. The average molecular weight is 653 g/mol. The third-order valence-electron chi connectivity index (χ3n) is 6.48. The largest absolute Gasteiger partial charge is 0.481 e. The van der Waals surface area contributed by atoms with Gasteiger partial charge in [0.05, 0.1) is 6.04 Å². The first-order valence-corrected chi connectivity index (χ1v) is 15.6. The second-order valence-electron chi connectivity index (χ2n) is 10.2. The summed E-state index contributed by atoms with van der Waals surface area (Å²) in [7, 11) is 0. The lowest BCUT2D eigenvalue weighted by molar-refractivity contribution is -0.142. The van der Waals surface area contributed by atoms with Gasteiger partial charge in [0.1, 0.15) is 24.2 Å². The normalized spacial score (nSPS) is 14.0. The molecule has 0 spiro atoms. The van der Waals surface area contributed by atoms with Crippen LogP contribution in [0.5, 0.6) is 0 Å². The predicted molar refractivity (Wildman–Crippen MR) is 169 cm³/mol. The van der Waals surface area contributed by atoms with Crippen LogP contribution in [0.4, 0.5) is 0 Å². The van der Waals surface area contributed by atoms with Gasteiger partial charge in [-0.15, -0.1) is 0 Å². The molecule has 12 N–H and O–H groups in total. The van der Waals surface area contributed by atoms with Crippen LogP contribution in [-0.4, -0.2) is 101 Å². The summed E-state index contributed by atoms with van der Waals surface area (Å²) < 4.78 is 0. The smallest absolute Gasteiger partial charge is 0.326 e. The summed E-state index contributed by atoms with van der Waals surface area (Å²) >= 11 is 1.51. The summed E-state index contributed by atoms with van der Waals surface area (Å²) in [6.07, 6.45) is 1.72. The number of rotatable bonds is 21. The highest BCUT2D eigenvalue weighted by Crippen LogP contribution is 2.08. The van der Waals surface area contributed by atoms with Crippen LogP contribution in [0.2, 0.25) is 0 Å². The lowest BCUT2D eigenvalue weighted by Crippen LogP contribution is -2.58. The number of aliphatic carboxylic acids is 2. The number of carbonyl (C=O) groups is 6. The maximum Gasteiger partial charge on any atom is 0.326 e. The average Bonchev–Trinajstić information content (AvgIpc) is 2.98. The van der Waals surface area contributed by atoms with Crippen LogP contribution in [0.3, 0.4) is 0 Å². The summed E-state index contributed by atoms with van der Waals surface area (Å²) in [4.78, 5) is 78.8. The predicted octanol–water partition coefficient (Wildman–Crippen LogP) is -1.73. The Balaban J connectivity index is 3.03. The lowest BCUT2D eigenvalue weighted by Gasteiger charge is -2.25. The van der Waals surface area contributed by atoms with E-state index in [1.165, 1.54) is 18.7 Å². The molecule has 16 nitrogen and oxygen atoms in total. The number of aliphatic imine (C=N–C) groups is 1. The number of nitrogens with two attached hydrogens (primary N) is 3. The second-order valence-corrected chi connectivity index (χ2v) is 11.2. The SMILES string of the molecule is CSCC[C@H](N)C(=O)N[C@@H](Cc1ccccc1)C(=O)N[C@@H](CCC(=O)O)C(=O)N[C@@H](C)C(=O)N[C@@H](CCCN=C(N)N)C(=O)O. The van der Waals surface area contributed by atoms with Crippen molar-refractivity contribution in [3.63, 3.8) is 0 Å². The summed E-state index contributed by atoms with van der Waals surface area (Å²) in [6.45, 7) is 1.45. The Kier molecular flexibility index (Phi) is 17.7. The molecular formula is C28H44N8O8S. The van der Waals surface area contributed by atoms with Crippen molar-refractivity contribution in [2.75, 3.05) is 18.6 Å². The molecule has 0 fully saturated rings. The maximum atomic E-state index is 13.4. The molecule has 0 saturated heterocycles. The molecule has 0 heterocycles. The van der Waals surface area contributed by atoms with E-state index >= 15 is 0 Å². The van der Waals surface area contributed by atoms with Gasteiger partial charge in [0.25, 0.3) is 0 Å². The molecule has 0 aliphatic rings. The number of thioether (sulfide) groups is 1. The van der Waals surface area contributed by atoms with Crippen LogP contribution in [0.25, 0.3) is 0 Å². The van der Waals surface area contributed by atoms with Gasteiger partial charge >= 0.3 is 11.9 Å². The van der Waals surface area contributed by atoms with Crippen molar-refractivity contribution in [3.05, 3.63) is 35.9 Å². The molecule has 0 aromatic heterocycles. The Bertz CT molecular complexity index is 1180. The number of guanidine groups is 1. The zero-order valence-corrected chi connectivity index (χ0v) is 26.2. The topological polar surface area (TPSA) is 281 Å². The standard InChI is InChI=1S/C28H44N8O8S/c1-16(23(39)35-20(27(43)44)9-6-13-32-28(30)31)33-25(41)19(10-11-22(37)38)34-26(42)21(15-17-7-4-3-5-8-17)36-24(40)18(29)12-14-45-2/h3-5,7-8,16,18-21H,6,9-15,29H2,1-2H3,(H,33,41)(H,34,42)(H,35,39)(H,36,40)(H,37,38)(H,43,44)(H4,30,31,32)/t16-,18-,19-,20-,21-/m0/s1. The van der Waals surface area contributed by atoms with Gasteiger partial charge in [0, 0.05) is 19.4 Å². The van der Waals surface area contributed by atoms with Crippen LogP contribution in [-0.2, 0) is 35.2 Å². The van der Waals surface area contributed by atoms with E-state index in [2.05, 4.69) is 26.3 Å². The van der Waals surface area contributed by atoms with Crippen LogP contribution >= 0.6 is 11.8 Å². The zero-order chi connectivity index (χ0) is 33.9. The van der Waals surface area contributed by atoms with Crippen molar-refractivity contribution in [1.29, 1.82) is 0 Å². The van der Waals surface area contributed by atoms with Gasteiger partial charge < -0.3 is 48.7 Å². The van der Waals surface area contributed by atoms with Crippen LogP contribution in [0.1, 0.15) is 44.6 Å². The number of hydrogen-bond acceptors (Lipinski definition) is 9. The maximum absolute atomic E-state index is 13.4. The molecule has 0 saturated carbocycles. The van der Waals surface area contributed by atoms with Crippen molar-refractivity contribution in [3.8, 4) is 0 Å². The minimum atomic E-state index is -1.40. The summed E-state index contributed by atoms with van der Waals surface area (Å²) in [5, 5.41) is 28.5. The number of carbonyl (C=O) groups excluding carboxylic acids is 4. The van der Waals surface area contributed by atoms with Gasteiger partial charge in [-0.2, -0.15) is 11.8 Å². The molecule has 0 aliphatic carbocycles. The molecule has 0 aliphatic heterocycles. The number of carboxylic acids is 2. The molecule has 17 heteroatoms. The van der Waals surface area contributed by atoms with Gasteiger partial charge in [-0.1, -0.05) is 30.3 Å². The van der Waals surface area contributed by atoms with Crippen molar-refractivity contribution in [2.24, 2.45) is 22.2 Å². The Morgan fingerprint density at radius 2 is 1.42 bits per heavy atom. The van der Waals surface area contributed by atoms with Crippen LogP contribution < -0.4 is 38.5 Å². The first-order chi connectivity index (χ1) is 21.2. The van der Waals surface area contributed by atoms with Crippen molar-refractivity contribution in [2.45, 2.75) is 75.7 Å². The molecule has 0 radical (unpaired) electrons. The summed E-state index contributed by atoms with van der Waals surface area (Å²) in [6, 6.07) is 2.81. The minimum absolute atomic E-state index is 0.00523. The molecule has 45 heavy (non-hydrogen) atoms. The van der Waals surface area contributed by atoms with Crippen molar-refractivity contribution >= 4 is 53.3 Å². The van der Waals surface area contributed by atoms with E-state index in [0.717, 1.165) is 0 Å². The first kappa shape index (κ1) is 38.6. The fourth-order valence-electron chi connectivity index (χ4n) is 3.96. The van der Waals surface area contributed by atoms with Crippen LogP contribution in [0, 0.1) is 0 Å². The van der Waals surface area contributed by atoms with Crippen LogP contribution in [0.15, 0.2) is 35.3 Å². The fourth-order valence-corrected chi connectivity index (χ4v) is 4.45. The first-order valence-electron chi connectivity index (χ1n) is 14.2. The van der Waals surface area contributed by atoms with Gasteiger partial charge in [-0.3, -0.25) is 29.0 Å². The molecule has 0 bridgehead atoms. The monoisotopic (exact) mass is 652 g/mol. The Hall–Kier alpha value is -4.38. The van der Waals surface area contributed by atoms with Gasteiger partial charge in [0.2, 0.25) is 23.6 Å². The van der Waals surface area contributed by atoms with E-state index in [4.69, 9.17) is 17.2 Å². The van der Waals surface area contributed by atoms with E-state index in [-0.39, 0.29) is 38.2 Å². The van der Waals surface area contributed by atoms with E-state index in [1.807, 2.05) is 6.26 Å². The molecule has 1 aromatic carbocycles. The number of nitrogens with zero attached hydrogens (tertiary/aromatic N) is 1. The minimum Gasteiger partial charge on any atom is -0.481 e. The van der Waals surface area contributed by atoms with E-state index in [0.29, 0.717) is 17.7 Å². The van der Waals surface area contributed by atoms with E-state index in [9.17, 15) is 39.0 Å². The zero-order valence-electron chi connectivity index (χ0n) is 25.4. The molecule has 0 unspecified atom stereocenters. The molecule has 1 aromatic rings. The molecule has 4 amide bonds. The Labute approximate surface area is 265 Å². The number of hydrogen-bond donors (Lipinski definition) is 9. The van der Waals surface area contributed by atoms with Gasteiger partial charge in [-0.05, 0) is 50.2 Å². The van der Waals surface area contributed by atoms with E-state index < -0.39 is 72.2 Å². The highest BCUT2D eigenvalue weighted by molar-refractivity contribution is 7.98. The lowest BCUT2D eigenvalue weighted by atomic mass is 10.0. The molecular weight excluding hydrogens is 608 g/mol. The number of carboxylic acid groups (broad SMARTS) is 2. The van der Waals surface area contributed by atoms with Crippen molar-refractivity contribution in [1.82, 2.24) is 21.3 Å². The van der Waals surface area contributed by atoms with Gasteiger partial charge in [0.15, 0.2) is 5.96 Å². The van der Waals surface area contributed by atoms with Gasteiger partial charge in [-0.25, -0.2) is 4.79 Å². The number of nitrogens with one attached hydrogen (secondary N) is 4. The quantitative estimate of drug-likeness (QED) is 0.0407. The third-order valence-corrected chi connectivity index (χ3v) is 7.12.